The van der Waals surface area contributed by atoms with E-state index in [1.54, 1.807) is 18.2 Å². The third-order valence-electron chi connectivity index (χ3n) is 4.14. The van der Waals surface area contributed by atoms with Crippen molar-refractivity contribution in [2.75, 3.05) is 16.4 Å². The summed E-state index contributed by atoms with van der Waals surface area (Å²) in [5.74, 6) is -0.229. The number of hydrogen-bond donors (Lipinski definition) is 0. The van der Waals surface area contributed by atoms with Crippen LogP contribution < -0.4 is 4.90 Å². The summed E-state index contributed by atoms with van der Waals surface area (Å²) in [7, 11) is -3.28. The Kier molecular flexibility index (Phi) is 4.75. The zero-order valence-electron chi connectivity index (χ0n) is 14.2. The summed E-state index contributed by atoms with van der Waals surface area (Å²) >= 11 is 1.19. The van der Waals surface area contributed by atoms with Crippen LogP contribution >= 0.6 is 11.8 Å². The van der Waals surface area contributed by atoms with Gasteiger partial charge in [0, 0.05) is 11.1 Å². The quantitative estimate of drug-likeness (QED) is 0.612. The minimum absolute atomic E-state index is 0.0894. The van der Waals surface area contributed by atoms with Crippen molar-refractivity contribution in [2.45, 2.75) is 11.3 Å². The van der Waals surface area contributed by atoms with E-state index >= 15 is 0 Å². The molecule has 0 bridgehead atoms. The first-order valence-corrected chi connectivity index (χ1v) is 11.0. The van der Waals surface area contributed by atoms with Gasteiger partial charge in [-0.25, -0.2) is 13.4 Å². The summed E-state index contributed by atoms with van der Waals surface area (Å²) in [5, 5.41) is 1.58. The van der Waals surface area contributed by atoms with Crippen molar-refractivity contribution in [3.05, 3.63) is 66.1 Å². The number of carbonyl (C=O) groups is 1. The summed E-state index contributed by atoms with van der Waals surface area (Å²) in [4.78, 5) is 18.8. The normalized spacial score (nSPS) is 18.0. The van der Waals surface area contributed by atoms with Crippen molar-refractivity contribution in [1.82, 2.24) is 4.98 Å². The third-order valence-corrected chi connectivity index (χ3v) is 6.33. The van der Waals surface area contributed by atoms with Gasteiger partial charge in [0.15, 0.2) is 15.4 Å². The van der Waals surface area contributed by atoms with E-state index in [4.69, 9.17) is 4.42 Å². The zero-order chi connectivity index (χ0) is 18.9. The fourth-order valence-electron chi connectivity index (χ4n) is 2.93. The number of benzene rings is 2. The molecule has 138 valence electrons. The molecule has 1 aliphatic heterocycles. The second-order valence-corrected chi connectivity index (χ2v) is 8.92. The summed E-state index contributed by atoms with van der Waals surface area (Å²) < 4.78 is 29.3. The van der Waals surface area contributed by atoms with E-state index in [0.717, 1.165) is 5.52 Å². The minimum atomic E-state index is -3.28. The van der Waals surface area contributed by atoms with Crippen molar-refractivity contribution >= 4 is 44.3 Å². The van der Waals surface area contributed by atoms with Crippen molar-refractivity contribution in [1.29, 1.82) is 0 Å². The number of thioether (sulfide) groups is 1. The van der Waals surface area contributed by atoms with Gasteiger partial charge in [0.05, 0.1) is 17.5 Å². The highest BCUT2D eigenvalue weighted by Crippen LogP contribution is 2.27. The van der Waals surface area contributed by atoms with Gasteiger partial charge < -0.3 is 9.32 Å². The second-order valence-electron chi connectivity index (χ2n) is 6.06. The zero-order valence-corrected chi connectivity index (χ0v) is 15.8. The number of aromatic nitrogens is 1. The lowest BCUT2D eigenvalue weighted by Crippen LogP contribution is -2.42. The number of para-hydroxylation sites is 3. The molecule has 0 saturated carbocycles. The Morgan fingerprint density at radius 2 is 1.89 bits per heavy atom. The van der Waals surface area contributed by atoms with Gasteiger partial charge in [0.1, 0.15) is 5.52 Å². The van der Waals surface area contributed by atoms with Crippen LogP contribution in [0.1, 0.15) is 0 Å². The van der Waals surface area contributed by atoms with Crippen LogP contribution in [-0.2, 0) is 14.6 Å². The van der Waals surface area contributed by atoms with E-state index in [2.05, 4.69) is 4.98 Å². The predicted octanol–water partition coefficient (Wildman–Crippen LogP) is 3.26. The molecule has 1 atom stereocenters. The lowest BCUT2D eigenvalue weighted by Gasteiger charge is -2.27. The molecule has 3 aromatic rings. The van der Waals surface area contributed by atoms with Crippen LogP contribution in [0, 0.1) is 0 Å². The van der Waals surface area contributed by atoms with Crippen LogP contribution in [0.4, 0.5) is 5.69 Å². The Bertz CT molecular complexity index is 1070. The minimum Gasteiger partial charge on any atom is -0.431 e. The number of nitrogens with zero attached hydrogens (tertiary/aromatic N) is 2. The lowest BCUT2D eigenvalue weighted by molar-refractivity contribution is -0.116. The lowest BCUT2D eigenvalue weighted by atomic mass is 10.2. The highest BCUT2D eigenvalue weighted by molar-refractivity contribution is 7.99. The Morgan fingerprint density at radius 3 is 2.59 bits per heavy atom. The first kappa shape index (κ1) is 17.8. The highest BCUT2D eigenvalue weighted by Gasteiger charge is 2.31. The molecule has 6 nitrogen and oxygen atoms in total. The monoisotopic (exact) mass is 400 g/mol. The number of hydrogen-bond acceptors (Lipinski definition) is 6. The first-order valence-electron chi connectivity index (χ1n) is 8.28. The molecule has 0 N–H and O–H groups in total. The second kappa shape index (κ2) is 7.21. The number of rotatable bonds is 5. The molecule has 0 radical (unpaired) electrons. The molecule has 2 aromatic carbocycles. The molecule has 1 aliphatic rings. The largest absolute Gasteiger partial charge is 0.431 e. The van der Waals surface area contributed by atoms with Crippen LogP contribution in [0.3, 0.4) is 0 Å². The number of sulfone groups is 1. The molecule has 0 saturated heterocycles. The Balaban J connectivity index is 1.54. The summed E-state index contributed by atoms with van der Waals surface area (Å²) in [6.45, 7) is 0. The number of amides is 1. The van der Waals surface area contributed by atoms with E-state index in [0.29, 0.717) is 16.5 Å². The van der Waals surface area contributed by atoms with Crippen molar-refractivity contribution in [3.8, 4) is 0 Å². The summed E-state index contributed by atoms with van der Waals surface area (Å²) in [6.07, 6.45) is 1.56. The molecular weight excluding hydrogens is 384 g/mol. The van der Waals surface area contributed by atoms with Gasteiger partial charge in [0.25, 0.3) is 5.22 Å². The van der Waals surface area contributed by atoms with Crippen LogP contribution in [0.25, 0.3) is 11.1 Å². The number of fused-ring (bicyclic) bond motifs is 1. The molecule has 1 amide bonds. The van der Waals surface area contributed by atoms with Gasteiger partial charge in [-0.3, -0.25) is 4.79 Å². The van der Waals surface area contributed by atoms with Crippen LogP contribution in [0.5, 0.6) is 0 Å². The van der Waals surface area contributed by atoms with Gasteiger partial charge >= 0.3 is 0 Å². The highest BCUT2D eigenvalue weighted by atomic mass is 32.2. The smallest absolute Gasteiger partial charge is 0.257 e. The van der Waals surface area contributed by atoms with Gasteiger partial charge in [-0.15, -0.1) is 0 Å². The average Bonchev–Trinajstić information content (AvgIpc) is 3.23. The molecule has 27 heavy (non-hydrogen) atoms. The maximum atomic E-state index is 12.9. The van der Waals surface area contributed by atoms with E-state index < -0.39 is 15.9 Å². The number of carbonyl (C=O) groups excluding carboxylic acids is 1. The van der Waals surface area contributed by atoms with E-state index in [1.165, 1.54) is 22.1 Å². The van der Waals surface area contributed by atoms with Crippen LogP contribution in [0.15, 0.2) is 75.7 Å². The third kappa shape index (κ3) is 3.91. The molecule has 4 rings (SSSR count). The standard InChI is InChI=1S/C19H16N2O4S2/c22-18(12-26-19-20-16-8-4-5-9-17(16)25-19)21(14-6-2-1-3-7-14)15-10-11-27(23,24)13-15/h1-11,15H,12-13H2/t15-/m1/s1. The molecule has 2 heterocycles. The van der Waals surface area contributed by atoms with Gasteiger partial charge in [-0.05, 0) is 30.3 Å². The van der Waals surface area contributed by atoms with Crippen LogP contribution in [-0.4, -0.2) is 36.9 Å². The molecule has 0 fully saturated rings. The van der Waals surface area contributed by atoms with E-state index in [9.17, 15) is 13.2 Å². The van der Waals surface area contributed by atoms with Crippen LogP contribution in [0.2, 0.25) is 0 Å². The molecular formula is C19H16N2O4S2. The van der Waals surface area contributed by atoms with Gasteiger partial charge in [-0.2, -0.15) is 0 Å². The van der Waals surface area contributed by atoms with E-state index in [1.807, 2.05) is 42.5 Å². The number of anilines is 1. The fraction of sp³-hybridized carbons (Fsp3) is 0.158. The molecule has 0 unspecified atom stereocenters. The molecule has 0 spiro atoms. The first-order chi connectivity index (χ1) is 13.0. The Hall–Kier alpha value is -2.58. The van der Waals surface area contributed by atoms with Gasteiger partial charge in [-0.1, -0.05) is 42.1 Å². The maximum absolute atomic E-state index is 12.9. The average molecular weight is 400 g/mol. The van der Waals surface area contributed by atoms with Crippen molar-refractivity contribution in [3.63, 3.8) is 0 Å². The van der Waals surface area contributed by atoms with Gasteiger partial charge in [0.2, 0.25) is 5.91 Å². The SMILES string of the molecule is O=C(CSc1nc2ccccc2o1)N(c1ccccc1)[C@@H]1C=CS(=O)(=O)C1. The Labute approximate surface area is 160 Å². The van der Waals surface area contributed by atoms with Crippen molar-refractivity contribution in [2.24, 2.45) is 0 Å². The topological polar surface area (TPSA) is 80.5 Å². The van der Waals surface area contributed by atoms with E-state index in [-0.39, 0.29) is 17.4 Å². The maximum Gasteiger partial charge on any atom is 0.257 e. The molecule has 8 heteroatoms. The fourth-order valence-corrected chi connectivity index (χ4v) is 4.90. The summed E-state index contributed by atoms with van der Waals surface area (Å²) in [5.41, 5.74) is 2.06. The predicted molar refractivity (Wildman–Crippen MR) is 105 cm³/mol. The molecule has 1 aromatic heterocycles. The Morgan fingerprint density at radius 1 is 1.15 bits per heavy atom. The number of oxazole rings is 1. The molecule has 0 aliphatic carbocycles. The summed E-state index contributed by atoms with van der Waals surface area (Å²) in [6, 6.07) is 15.9. The van der Waals surface area contributed by atoms with Crippen molar-refractivity contribution < 1.29 is 17.6 Å².